The summed E-state index contributed by atoms with van der Waals surface area (Å²) in [4.78, 5) is 10.9. The van der Waals surface area contributed by atoms with Gasteiger partial charge in [0, 0.05) is 11.5 Å². The Hall–Kier alpha value is -0.830. The molecule has 0 aromatic rings. The van der Waals surface area contributed by atoms with E-state index < -0.39 is 0 Å². The molecule has 0 amide bonds. The fourth-order valence-electron chi connectivity index (χ4n) is 0.893. The van der Waals surface area contributed by atoms with Crippen molar-refractivity contribution in [3.63, 3.8) is 0 Å². The quantitative estimate of drug-likeness (QED) is 0.469. The van der Waals surface area contributed by atoms with Crippen LogP contribution in [0.25, 0.3) is 0 Å². The maximum Gasteiger partial charge on any atom is 0.333 e. The molecule has 0 atom stereocenters. The maximum atomic E-state index is 10.9. The van der Waals surface area contributed by atoms with Gasteiger partial charge in [0.25, 0.3) is 0 Å². The van der Waals surface area contributed by atoms with Gasteiger partial charge in [0.2, 0.25) is 0 Å². The Labute approximate surface area is 72.4 Å². The van der Waals surface area contributed by atoms with E-state index in [9.17, 15) is 4.79 Å². The van der Waals surface area contributed by atoms with Crippen molar-refractivity contribution >= 4 is 5.97 Å². The van der Waals surface area contributed by atoms with Gasteiger partial charge < -0.3 is 9.47 Å². The molecule has 0 spiro atoms. The zero-order valence-corrected chi connectivity index (χ0v) is 7.34. The van der Waals surface area contributed by atoms with E-state index in [-0.39, 0.29) is 5.97 Å². The first-order valence-corrected chi connectivity index (χ1v) is 4.10. The van der Waals surface area contributed by atoms with E-state index in [0.29, 0.717) is 18.1 Å². The van der Waals surface area contributed by atoms with Crippen LogP contribution >= 0.6 is 0 Å². The summed E-state index contributed by atoms with van der Waals surface area (Å²) in [5.74, 6) is 0.290. The highest BCUT2D eigenvalue weighted by Gasteiger charge is 2.18. The summed E-state index contributed by atoms with van der Waals surface area (Å²) in [7, 11) is 0. The van der Waals surface area contributed by atoms with Gasteiger partial charge in [0.15, 0.2) is 0 Å². The van der Waals surface area contributed by atoms with Crippen molar-refractivity contribution in [3.8, 4) is 0 Å². The van der Waals surface area contributed by atoms with Crippen LogP contribution in [0.1, 0.15) is 13.3 Å². The number of hydrogen-bond acceptors (Lipinski definition) is 3. The molecular weight excluding hydrogens is 156 g/mol. The number of hydrogen-bond donors (Lipinski definition) is 0. The van der Waals surface area contributed by atoms with E-state index >= 15 is 0 Å². The van der Waals surface area contributed by atoms with E-state index in [4.69, 9.17) is 9.47 Å². The fourth-order valence-corrected chi connectivity index (χ4v) is 0.893. The van der Waals surface area contributed by atoms with Gasteiger partial charge in [-0.3, -0.25) is 0 Å². The molecule has 0 N–H and O–H groups in total. The van der Waals surface area contributed by atoms with Gasteiger partial charge in [0.05, 0.1) is 19.8 Å². The van der Waals surface area contributed by atoms with Crippen LogP contribution in [-0.4, -0.2) is 25.8 Å². The second kappa shape index (κ2) is 4.26. The van der Waals surface area contributed by atoms with Crippen LogP contribution in [0.5, 0.6) is 0 Å². The van der Waals surface area contributed by atoms with Gasteiger partial charge >= 0.3 is 5.97 Å². The van der Waals surface area contributed by atoms with Crippen LogP contribution in [-0.2, 0) is 14.3 Å². The molecule has 68 valence electrons. The highest BCUT2D eigenvalue weighted by atomic mass is 16.5. The molecule has 1 aliphatic heterocycles. The summed E-state index contributed by atoms with van der Waals surface area (Å²) >= 11 is 0. The Morgan fingerprint density at radius 2 is 2.33 bits per heavy atom. The summed E-state index contributed by atoms with van der Waals surface area (Å²) in [6.07, 6.45) is 0.902. The lowest BCUT2D eigenvalue weighted by molar-refractivity contribution is -0.140. The topological polar surface area (TPSA) is 35.5 Å². The Morgan fingerprint density at radius 3 is 2.75 bits per heavy atom. The molecule has 0 aliphatic carbocycles. The van der Waals surface area contributed by atoms with E-state index in [1.807, 2.05) is 0 Å². The molecule has 0 aromatic carbocycles. The summed E-state index contributed by atoms with van der Waals surface area (Å²) in [6, 6.07) is 0. The van der Waals surface area contributed by atoms with Crippen molar-refractivity contribution in [1.29, 1.82) is 0 Å². The van der Waals surface area contributed by atoms with Crippen LogP contribution in [0.15, 0.2) is 12.2 Å². The number of esters is 1. The summed E-state index contributed by atoms with van der Waals surface area (Å²) in [6.45, 7) is 7.24. The monoisotopic (exact) mass is 170 g/mol. The first kappa shape index (κ1) is 9.26. The van der Waals surface area contributed by atoms with E-state index in [1.54, 1.807) is 6.92 Å². The Morgan fingerprint density at radius 1 is 1.67 bits per heavy atom. The molecular formula is C9H14O3. The molecule has 3 nitrogen and oxygen atoms in total. The zero-order valence-electron chi connectivity index (χ0n) is 7.34. The number of carbonyl (C=O) groups excluding carboxylic acids is 1. The SMILES string of the molecule is C=C(C)C(=O)OCCC1COC1. The minimum absolute atomic E-state index is 0.296. The molecule has 1 aliphatic rings. The molecule has 0 bridgehead atoms. The van der Waals surface area contributed by atoms with Crippen LogP contribution in [0.4, 0.5) is 0 Å². The molecule has 0 radical (unpaired) electrons. The second-order valence-electron chi connectivity index (χ2n) is 3.11. The Balaban J connectivity index is 2.01. The summed E-state index contributed by atoms with van der Waals surface area (Å²) in [5.41, 5.74) is 0.458. The predicted octanol–water partition coefficient (Wildman–Crippen LogP) is 1.14. The van der Waals surface area contributed by atoms with Crippen LogP contribution in [0.2, 0.25) is 0 Å². The van der Waals surface area contributed by atoms with Crippen LogP contribution in [0, 0.1) is 5.92 Å². The molecule has 1 heterocycles. The lowest BCUT2D eigenvalue weighted by Gasteiger charge is -2.25. The second-order valence-corrected chi connectivity index (χ2v) is 3.11. The molecule has 12 heavy (non-hydrogen) atoms. The number of ether oxygens (including phenoxy) is 2. The minimum Gasteiger partial charge on any atom is -0.462 e. The van der Waals surface area contributed by atoms with Gasteiger partial charge in [-0.15, -0.1) is 0 Å². The third kappa shape index (κ3) is 2.66. The number of rotatable bonds is 4. The van der Waals surface area contributed by atoms with Crippen molar-refractivity contribution in [3.05, 3.63) is 12.2 Å². The molecule has 1 fully saturated rings. The van der Waals surface area contributed by atoms with Gasteiger partial charge in [-0.1, -0.05) is 6.58 Å². The first-order valence-electron chi connectivity index (χ1n) is 4.10. The predicted molar refractivity (Wildman–Crippen MR) is 44.7 cm³/mol. The first-order chi connectivity index (χ1) is 5.70. The van der Waals surface area contributed by atoms with Gasteiger partial charge in [0.1, 0.15) is 0 Å². The Kier molecular flexibility index (Phi) is 3.29. The van der Waals surface area contributed by atoms with Crippen molar-refractivity contribution in [2.45, 2.75) is 13.3 Å². The van der Waals surface area contributed by atoms with E-state index in [2.05, 4.69) is 6.58 Å². The van der Waals surface area contributed by atoms with Gasteiger partial charge in [-0.25, -0.2) is 4.79 Å². The summed E-state index contributed by atoms with van der Waals surface area (Å²) in [5, 5.41) is 0. The normalized spacial score (nSPS) is 16.8. The highest BCUT2D eigenvalue weighted by molar-refractivity contribution is 5.86. The van der Waals surface area contributed by atoms with Crippen LogP contribution in [0.3, 0.4) is 0 Å². The highest BCUT2D eigenvalue weighted by Crippen LogP contribution is 2.13. The zero-order chi connectivity index (χ0) is 8.97. The van der Waals surface area contributed by atoms with Crippen molar-refractivity contribution < 1.29 is 14.3 Å². The third-order valence-electron chi connectivity index (χ3n) is 1.81. The fraction of sp³-hybridized carbons (Fsp3) is 0.667. The van der Waals surface area contributed by atoms with E-state index in [1.165, 1.54) is 0 Å². The number of carbonyl (C=O) groups is 1. The van der Waals surface area contributed by atoms with Gasteiger partial charge in [-0.2, -0.15) is 0 Å². The molecule has 0 unspecified atom stereocenters. The molecule has 1 saturated heterocycles. The third-order valence-corrected chi connectivity index (χ3v) is 1.81. The standard InChI is InChI=1S/C9H14O3/c1-7(2)9(10)12-4-3-8-5-11-6-8/h8H,1,3-6H2,2H3. The van der Waals surface area contributed by atoms with Crippen molar-refractivity contribution in [1.82, 2.24) is 0 Å². The Bertz CT molecular complexity index is 182. The van der Waals surface area contributed by atoms with Crippen molar-refractivity contribution in [2.75, 3.05) is 19.8 Å². The van der Waals surface area contributed by atoms with Crippen molar-refractivity contribution in [2.24, 2.45) is 5.92 Å². The smallest absolute Gasteiger partial charge is 0.333 e. The van der Waals surface area contributed by atoms with Crippen LogP contribution < -0.4 is 0 Å². The minimum atomic E-state index is -0.296. The average molecular weight is 170 g/mol. The molecule has 1 rings (SSSR count). The molecule has 3 heteroatoms. The largest absolute Gasteiger partial charge is 0.462 e. The lowest BCUT2D eigenvalue weighted by atomic mass is 10.1. The lowest BCUT2D eigenvalue weighted by Crippen LogP contribution is -2.28. The summed E-state index contributed by atoms with van der Waals surface area (Å²) < 4.78 is 9.90. The van der Waals surface area contributed by atoms with Gasteiger partial charge in [-0.05, 0) is 13.3 Å². The molecule has 0 aromatic heterocycles. The average Bonchev–Trinajstić information content (AvgIpc) is 1.93. The maximum absolute atomic E-state index is 10.9. The molecule has 0 saturated carbocycles. The van der Waals surface area contributed by atoms with E-state index in [0.717, 1.165) is 19.6 Å².